The molecule has 0 bridgehead atoms. The molecule has 2 heterocycles. The van der Waals surface area contributed by atoms with E-state index < -0.39 is 6.04 Å². The summed E-state index contributed by atoms with van der Waals surface area (Å²) in [5.41, 5.74) is 12.2. The Morgan fingerprint density at radius 1 is 0.639 bits per heavy atom. The molecule has 0 unspecified atom stereocenters. The monoisotopic (exact) mass is 986 g/mol. The number of nitrogens with zero attached hydrogens (tertiary/aromatic N) is 3. The van der Waals surface area contributed by atoms with E-state index in [9.17, 15) is 5.11 Å². The fraction of sp³-hybridized carbons (Fsp3) is 0.250. The van der Waals surface area contributed by atoms with Crippen LogP contribution in [0.1, 0.15) is 98.3 Å². The van der Waals surface area contributed by atoms with E-state index in [1.165, 1.54) is 11.1 Å². The number of aromatic hydroxyl groups is 1. The third kappa shape index (κ3) is 8.66. The summed E-state index contributed by atoms with van der Waals surface area (Å²) in [6.07, 6.45) is 2.42. The van der Waals surface area contributed by atoms with E-state index in [0.717, 1.165) is 56.5 Å². The van der Waals surface area contributed by atoms with Crippen LogP contribution in [0.25, 0.3) is 72.7 Å². The van der Waals surface area contributed by atoms with Crippen molar-refractivity contribution in [1.82, 2.24) is 14.5 Å². The van der Waals surface area contributed by atoms with Crippen molar-refractivity contribution in [3.05, 3.63) is 168 Å². The maximum atomic E-state index is 12.4. The van der Waals surface area contributed by atoms with E-state index >= 15 is 0 Å². The molecule has 0 atom stereocenters. The number of hydrogen-bond donors (Lipinski definition) is 1. The summed E-state index contributed by atoms with van der Waals surface area (Å²) in [7, 11) is 0. The van der Waals surface area contributed by atoms with Crippen LogP contribution in [0.2, 0.25) is 0 Å². The van der Waals surface area contributed by atoms with Gasteiger partial charge in [0.25, 0.3) is 0 Å². The molecule has 0 aliphatic rings. The third-order valence-electron chi connectivity index (χ3n) is 11.4. The SMILES string of the molecule is [2H]c1c([2H])c([2H])c(-c2ccnc(-c3[c-]c(-c4cccc5c4nc(-c4cc(C(C)(C)C)cc(C(C)(C)C)c4O)n5-c4ccc(-c5ccccc5)c(CC)c4)cc(C(C)(C)C)c3)c2)c([2H])c1[2H].[Pt]. The second kappa shape index (κ2) is 16.7. The van der Waals surface area contributed by atoms with Crippen molar-refractivity contribution in [2.45, 2.75) is 91.9 Å². The Morgan fingerprint density at radius 2 is 1.33 bits per heavy atom. The zero-order chi connectivity index (χ0) is 46.9. The van der Waals surface area contributed by atoms with E-state index in [1.807, 2.05) is 12.1 Å². The molecule has 0 aliphatic carbocycles. The van der Waals surface area contributed by atoms with Crippen LogP contribution in [0.3, 0.4) is 0 Å². The molecule has 61 heavy (non-hydrogen) atoms. The topological polar surface area (TPSA) is 50.9 Å². The molecule has 1 N–H and O–H groups in total. The van der Waals surface area contributed by atoms with E-state index in [4.69, 9.17) is 16.8 Å². The molecule has 8 aromatic rings. The number of aryl methyl sites for hydroxylation is 1. The second-order valence-electron chi connectivity index (χ2n) is 18.8. The Bertz CT molecular complexity index is 3130. The average molecular weight is 987 g/mol. The molecular formula is C56H56N3OPt-. The molecule has 0 saturated heterocycles. The van der Waals surface area contributed by atoms with Gasteiger partial charge in [-0.3, -0.25) is 9.55 Å². The van der Waals surface area contributed by atoms with Gasteiger partial charge in [-0.15, -0.1) is 29.3 Å². The molecule has 0 aliphatic heterocycles. The largest absolute Gasteiger partial charge is 0.507 e. The molecule has 312 valence electrons. The number of fused-ring (bicyclic) bond motifs is 1. The first-order valence-corrected chi connectivity index (χ1v) is 20.8. The Hall–Kier alpha value is -5.57. The minimum Gasteiger partial charge on any atom is -0.507 e. The number of phenols is 1. The average Bonchev–Trinajstić information content (AvgIpc) is 3.66. The number of hydrogen-bond acceptors (Lipinski definition) is 3. The summed E-state index contributed by atoms with van der Waals surface area (Å²) in [4.78, 5) is 10.3. The van der Waals surface area contributed by atoms with Gasteiger partial charge in [-0.05, 0) is 86.4 Å². The molecule has 0 spiro atoms. The van der Waals surface area contributed by atoms with Gasteiger partial charge in [0.05, 0.1) is 23.5 Å². The summed E-state index contributed by atoms with van der Waals surface area (Å²) >= 11 is 0. The van der Waals surface area contributed by atoms with Gasteiger partial charge in [-0.25, -0.2) is 4.98 Å². The number of phenolic OH excluding ortho intramolecular Hbond substituents is 1. The number of aromatic nitrogens is 3. The first-order chi connectivity index (χ1) is 30.6. The van der Waals surface area contributed by atoms with Crippen molar-refractivity contribution < 1.29 is 33.0 Å². The molecule has 0 fully saturated rings. The van der Waals surface area contributed by atoms with Crippen LogP contribution in [-0.2, 0) is 43.7 Å². The maximum Gasteiger partial charge on any atom is 0.148 e. The molecule has 8 rings (SSSR count). The third-order valence-corrected chi connectivity index (χ3v) is 11.4. The minimum absolute atomic E-state index is 0. The van der Waals surface area contributed by atoms with Crippen molar-refractivity contribution in [2.75, 3.05) is 0 Å². The Morgan fingerprint density at radius 3 is 2.00 bits per heavy atom. The van der Waals surface area contributed by atoms with Crippen molar-refractivity contribution in [3.63, 3.8) is 0 Å². The van der Waals surface area contributed by atoms with Gasteiger partial charge in [0.2, 0.25) is 0 Å². The van der Waals surface area contributed by atoms with Crippen LogP contribution < -0.4 is 0 Å². The van der Waals surface area contributed by atoms with Crippen LogP contribution in [0, 0.1) is 6.07 Å². The van der Waals surface area contributed by atoms with Gasteiger partial charge in [0.15, 0.2) is 0 Å². The minimum atomic E-state index is -0.435. The van der Waals surface area contributed by atoms with Crippen molar-refractivity contribution in [1.29, 1.82) is 0 Å². The molecule has 0 radical (unpaired) electrons. The van der Waals surface area contributed by atoms with Crippen LogP contribution >= 0.6 is 0 Å². The smallest absolute Gasteiger partial charge is 0.148 e. The van der Waals surface area contributed by atoms with Crippen LogP contribution in [0.5, 0.6) is 5.75 Å². The van der Waals surface area contributed by atoms with Crippen molar-refractivity contribution >= 4 is 11.0 Å². The first kappa shape index (κ1) is 37.2. The van der Waals surface area contributed by atoms with Crippen LogP contribution in [0.15, 0.2) is 140 Å². The Labute approximate surface area is 384 Å². The van der Waals surface area contributed by atoms with Gasteiger partial charge in [-0.2, -0.15) is 0 Å². The molecule has 6 aromatic carbocycles. The summed E-state index contributed by atoms with van der Waals surface area (Å²) in [5.74, 6) is 0.824. The fourth-order valence-electron chi connectivity index (χ4n) is 7.89. The van der Waals surface area contributed by atoms with Gasteiger partial charge in [0, 0.05) is 44.2 Å². The predicted molar refractivity (Wildman–Crippen MR) is 252 cm³/mol. The molecule has 4 nitrogen and oxygen atoms in total. The zero-order valence-electron chi connectivity index (χ0n) is 41.7. The van der Waals surface area contributed by atoms with E-state index in [1.54, 1.807) is 18.3 Å². The van der Waals surface area contributed by atoms with Gasteiger partial charge >= 0.3 is 0 Å². The Kier molecular flexibility index (Phi) is 10.2. The molecular weight excluding hydrogens is 926 g/mol. The van der Waals surface area contributed by atoms with Gasteiger partial charge in [-0.1, -0.05) is 171 Å². The molecule has 0 saturated carbocycles. The number of pyridine rings is 1. The van der Waals surface area contributed by atoms with Gasteiger partial charge < -0.3 is 5.11 Å². The molecule has 5 heteroatoms. The zero-order valence-corrected chi connectivity index (χ0v) is 39.0. The summed E-state index contributed by atoms with van der Waals surface area (Å²) in [6.45, 7) is 21.6. The molecule has 0 amide bonds. The van der Waals surface area contributed by atoms with Crippen LogP contribution in [0.4, 0.5) is 0 Å². The predicted octanol–water partition coefficient (Wildman–Crippen LogP) is 14.7. The van der Waals surface area contributed by atoms with E-state index in [-0.39, 0.29) is 72.8 Å². The van der Waals surface area contributed by atoms with Crippen LogP contribution in [-0.4, -0.2) is 19.6 Å². The summed E-state index contributed by atoms with van der Waals surface area (Å²) < 4.78 is 44.3. The van der Waals surface area contributed by atoms with E-state index in [0.29, 0.717) is 28.2 Å². The maximum absolute atomic E-state index is 12.4. The normalized spacial score (nSPS) is 13.2. The number of benzene rings is 6. The van der Waals surface area contributed by atoms with Gasteiger partial charge in [0.1, 0.15) is 11.6 Å². The van der Waals surface area contributed by atoms with E-state index in [2.05, 4.69) is 159 Å². The summed E-state index contributed by atoms with van der Waals surface area (Å²) in [5, 5.41) is 12.4. The number of rotatable bonds is 7. The fourth-order valence-corrected chi connectivity index (χ4v) is 7.89. The summed E-state index contributed by atoms with van der Waals surface area (Å²) in [6, 6.07) is 37.0. The molecule has 2 aromatic heterocycles. The quantitative estimate of drug-likeness (QED) is 0.162. The van der Waals surface area contributed by atoms with Crippen molar-refractivity contribution in [3.8, 4) is 67.5 Å². The standard InChI is InChI=1S/C56H56N3O.Pt/c1-11-36-32-44(25-26-45(36)38-21-16-13-17-22-38)59-50-24-18-23-46(51(50)58-53(59)47-34-43(55(5,6)7)35-48(52(47)60)56(8,9)10)40-29-41(31-42(30-40)54(2,3)4)49-33-39(27-28-57-49)37-19-14-12-15-20-37;/h12-28,30-35,60H,11H2,1-10H3;/q-1;/i12D,14D,15D,19D,20D;. The van der Waals surface area contributed by atoms with Crippen molar-refractivity contribution in [2.24, 2.45) is 0 Å². The Balaban J connectivity index is 0.00000648. The first-order valence-electron chi connectivity index (χ1n) is 23.3. The number of imidazole rings is 1. The second-order valence-corrected chi connectivity index (χ2v) is 18.8. The number of para-hydroxylation sites is 1.